The highest BCUT2D eigenvalue weighted by atomic mass is 32.2. The van der Waals surface area contributed by atoms with E-state index in [0.717, 1.165) is 14.2 Å². The van der Waals surface area contributed by atoms with Crippen molar-refractivity contribution >= 4 is 15.7 Å². The Kier molecular flexibility index (Phi) is 3.94. The number of hydrogen-bond acceptors (Lipinski definition) is 5. The molecule has 1 aromatic carbocycles. The predicted molar refractivity (Wildman–Crippen MR) is 55.0 cm³/mol. The number of halogens is 2. The number of nitro groups is 1. The summed E-state index contributed by atoms with van der Waals surface area (Å²) in [6.07, 6.45) is 0. The number of benzene rings is 1. The minimum absolute atomic E-state index is 0.133. The summed E-state index contributed by atoms with van der Waals surface area (Å²) < 4.78 is 50.1. The molecule has 7 nitrogen and oxygen atoms in total. The van der Waals surface area contributed by atoms with Crippen molar-refractivity contribution in [3.8, 4) is 0 Å². The molecule has 10 heteroatoms. The van der Waals surface area contributed by atoms with Gasteiger partial charge in [0.15, 0.2) is 0 Å². The van der Waals surface area contributed by atoms with Gasteiger partial charge >= 0.3 is 5.69 Å². The van der Waals surface area contributed by atoms with Crippen LogP contribution >= 0.6 is 0 Å². The van der Waals surface area contributed by atoms with Gasteiger partial charge in [-0.2, -0.15) is 4.39 Å². The molecule has 0 aliphatic carbocycles. The highest BCUT2D eigenvalue weighted by molar-refractivity contribution is 7.89. The van der Waals surface area contributed by atoms with Crippen molar-refractivity contribution in [2.75, 3.05) is 14.2 Å². The first-order valence-corrected chi connectivity index (χ1v) is 5.82. The zero-order valence-corrected chi connectivity index (χ0v) is 10.1. The van der Waals surface area contributed by atoms with Gasteiger partial charge in [0.25, 0.3) is 10.0 Å². The molecule has 0 aromatic heterocycles. The average molecular weight is 282 g/mol. The summed E-state index contributed by atoms with van der Waals surface area (Å²) in [6, 6.07) is 0.435. The molecule has 0 aliphatic rings. The van der Waals surface area contributed by atoms with E-state index in [-0.39, 0.29) is 6.07 Å². The smallest absolute Gasteiger partial charge is 0.288 e. The molecule has 0 saturated carbocycles. The Balaban J connectivity index is 3.52. The molecule has 0 spiro atoms. The lowest BCUT2D eigenvalue weighted by Gasteiger charge is -2.14. The number of nitro benzene ring substituents is 1. The van der Waals surface area contributed by atoms with Crippen LogP contribution in [0.5, 0.6) is 0 Å². The second kappa shape index (κ2) is 4.92. The quantitative estimate of drug-likeness (QED) is 0.608. The fraction of sp³-hybridized carbons (Fsp3) is 0.250. The molecule has 0 saturated heterocycles. The first kappa shape index (κ1) is 14.4. The topological polar surface area (TPSA) is 89.8 Å². The number of rotatable bonds is 4. The molecule has 0 unspecified atom stereocenters. The van der Waals surface area contributed by atoms with E-state index in [0.29, 0.717) is 10.5 Å². The van der Waals surface area contributed by atoms with Crippen LogP contribution in [0.3, 0.4) is 0 Å². The van der Waals surface area contributed by atoms with Crippen molar-refractivity contribution in [3.63, 3.8) is 0 Å². The summed E-state index contributed by atoms with van der Waals surface area (Å²) >= 11 is 0. The highest BCUT2D eigenvalue weighted by Crippen LogP contribution is 2.26. The van der Waals surface area contributed by atoms with Crippen LogP contribution in [0.2, 0.25) is 0 Å². The molecule has 1 rings (SSSR count). The first-order chi connectivity index (χ1) is 8.21. The summed E-state index contributed by atoms with van der Waals surface area (Å²) in [6.45, 7) is 0. The van der Waals surface area contributed by atoms with E-state index in [9.17, 15) is 27.3 Å². The minimum Gasteiger partial charge on any atom is -0.288 e. The molecule has 0 radical (unpaired) electrons. The fourth-order valence-corrected chi connectivity index (χ4v) is 2.13. The van der Waals surface area contributed by atoms with Gasteiger partial charge in [-0.25, -0.2) is 12.8 Å². The summed E-state index contributed by atoms with van der Waals surface area (Å²) in [7, 11) is -2.46. The van der Waals surface area contributed by atoms with Crippen molar-refractivity contribution in [3.05, 3.63) is 33.9 Å². The Morgan fingerprint density at radius 2 is 1.89 bits per heavy atom. The molecule has 0 fully saturated rings. The van der Waals surface area contributed by atoms with Gasteiger partial charge in [-0.3, -0.25) is 15.0 Å². The van der Waals surface area contributed by atoms with E-state index >= 15 is 0 Å². The van der Waals surface area contributed by atoms with E-state index in [1.807, 2.05) is 0 Å². The third-order valence-electron chi connectivity index (χ3n) is 2.07. The molecule has 0 bridgehead atoms. The fourth-order valence-electron chi connectivity index (χ4n) is 1.09. The molecule has 0 heterocycles. The third kappa shape index (κ3) is 2.44. The first-order valence-electron chi connectivity index (χ1n) is 4.38. The summed E-state index contributed by atoms with van der Waals surface area (Å²) in [5, 5.41) is 10.5. The standard InChI is InChI=1S/C8H8F2N2O5S/c1-11(17-2)18(15,16)8-4-7(12(13)14)5(9)3-6(8)10/h3-4H,1-2H3. The maximum absolute atomic E-state index is 13.4. The van der Waals surface area contributed by atoms with Crippen molar-refractivity contribution in [1.82, 2.24) is 4.47 Å². The minimum atomic E-state index is -4.43. The van der Waals surface area contributed by atoms with Crippen LogP contribution < -0.4 is 0 Å². The summed E-state index contributed by atoms with van der Waals surface area (Å²) in [5.41, 5.74) is -1.14. The van der Waals surface area contributed by atoms with E-state index in [1.54, 1.807) is 0 Å². The molecule has 0 N–H and O–H groups in total. The molecular formula is C8H8F2N2O5S. The van der Waals surface area contributed by atoms with Crippen molar-refractivity contribution < 1.29 is 27.0 Å². The lowest BCUT2D eigenvalue weighted by atomic mass is 10.3. The summed E-state index contributed by atoms with van der Waals surface area (Å²) in [4.78, 5) is 12.6. The Bertz CT molecular complexity index is 589. The summed E-state index contributed by atoms with van der Waals surface area (Å²) in [5.74, 6) is -2.90. The number of hydroxylamine groups is 1. The highest BCUT2D eigenvalue weighted by Gasteiger charge is 2.29. The van der Waals surface area contributed by atoms with Gasteiger partial charge in [0.05, 0.1) is 12.0 Å². The van der Waals surface area contributed by atoms with E-state index in [2.05, 4.69) is 4.84 Å². The van der Waals surface area contributed by atoms with Crippen molar-refractivity contribution in [2.45, 2.75) is 4.90 Å². The molecule has 0 aliphatic heterocycles. The molecular weight excluding hydrogens is 274 g/mol. The van der Waals surface area contributed by atoms with Crippen LogP contribution in [-0.4, -0.2) is 32.0 Å². The molecule has 0 atom stereocenters. The second-order valence-electron chi connectivity index (χ2n) is 3.09. The van der Waals surface area contributed by atoms with Gasteiger partial charge in [-0.05, 0) is 0 Å². The lowest BCUT2D eigenvalue weighted by molar-refractivity contribution is -0.387. The number of hydrogen-bond donors (Lipinski definition) is 0. The maximum atomic E-state index is 13.4. The predicted octanol–water partition coefficient (Wildman–Crippen LogP) is 1.05. The number of nitrogens with zero attached hydrogens (tertiary/aromatic N) is 2. The van der Waals surface area contributed by atoms with E-state index in [4.69, 9.17) is 0 Å². The van der Waals surface area contributed by atoms with E-state index in [1.165, 1.54) is 0 Å². The Morgan fingerprint density at radius 1 is 1.33 bits per heavy atom. The zero-order valence-electron chi connectivity index (χ0n) is 9.25. The van der Waals surface area contributed by atoms with Crippen LogP contribution in [0.4, 0.5) is 14.5 Å². The van der Waals surface area contributed by atoms with Gasteiger partial charge in [0.1, 0.15) is 10.7 Å². The lowest BCUT2D eigenvalue weighted by Crippen LogP contribution is -2.26. The largest absolute Gasteiger partial charge is 0.306 e. The van der Waals surface area contributed by atoms with E-state index < -0.39 is 37.2 Å². The van der Waals surface area contributed by atoms with Gasteiger partial charge in [-0.15, -0.1) is 0 Å². The Hall–Kier alpha value is -1.65. The van der Waals surface area contributed by atoms with Crippen LogP contribution in [-0.2, 0) is 14.9 Å². The van der Waals surface area contributed by atoms with Gasteiger partial charge < -0.3 is 0 Å². The Labute approximate surface area is 101 Å². The van der Waals surface area contributed by atoms with Gasteiger partial charge in [0.2, 0.25) is 5.82 Å². The third-order valence-corrected chi connectivity index (χ3v) is 3.77. The Morgan fingerprint density at radius 3 is 2.33 bits per heavy atom. The van der Waals surface area contributed by atoms with Crippen LogP contribution in [0, 0.1) is 21.7 Å². The number of sulfonamides is 1. The van der Waals surface area contributed by atoms with Crippen molar-refractivity contribution in [1.29, 1.82) is 0 Å². The monoisotopic (exact) mass is 282 g/mol. The SMILES string of the molecule is CON(C)S(=O)(=O)c1cc([N+](=O)[O-])c(F)cc1F. The normalized spacial score (nSPS) is 11.8. The van der Waals surface area contributed by atoms with Crippen LogP contribution in [0.15, 0.2) is 17.0 Å². The van der Waals surface area contributed by atoms with Crippen molar-refractivity contribution in [2.24, 2.45) is 0 Å². The maximum Gasteiger partial charge on any atom is 0.306 e. The van der Waals surface area contributed by atoms with Gasteiger partial charge in [-0.1, -0.05) is 4.47 Å². The molecule has 100 valence electrons. The molecule has 0 amide bonds. The van der Waals surface area contributed by atoms with Crippen LogP contribution in [0.25, 0.3) is 0 Å². The van der Waals surface area contributed by atoms with Crippen LogP contribution in [0.1, 0.15) is 0 Å². The second-order valence-corrected chi connectivity index (χ2v) is 4.99. The van der Waals surface area contributed by atoms with Gasteiger partial charge in [0, 0.05) is 19.2 Å². The molecule has 18 heavy (non-hydrogen) atoms. The zero-order chi connectivity index (χ0) is 14.1. The average Bonchev–Trinajstić information content (AvgIpc) is 2.26. The molecule has 1 aromatic rings.